The molecule has 2 heterocycles. The Hall–Kier alpha value is -1.48. The summed E-state index contributed by atoms with van der Waals surface area (Å²) in [7, 11) is -3.14. The van der Waals surface area contributed by atoms with E-state index in [9.17, 15) is 18.5 Å². The Morgan fingerprint density at radius 1 is 1.56 bits per heavy atom. The zero-order valence-corrected chi connectivity index (χ0v) is 11.3. The number of hydrogen-bond acceptors (Lipinski definition) is 6. The van der Waals surface area contributed by atoms with E-state index in [1.807, 2.05) is 0 Å². The van der Waals surface area contributed by atoms with Crippen LogP contribution in [0.3, 0.4) is 0 Å². The third kappa shape index (κ3) is 2.85. The summed E-state index contributed by atoms with van der Waals surface area (Å²) in [4.78, 5) is 13.9. The van der Waals surface area contributed by atoms with Crippen LogP contribution in [0, 0.1) is 10.1 Å². The van der Waals surface area contributed by atoms with Crippen LogP contribution >= 0.6 is 15.9 Å². The Morgan fingerprint density at radius 3 is 2.78 bits per heavy atom. The quantitative estimate of drug-likeness (QED) is 0.663. The van der Waals surface area contributed by atoms with Crippen molar-refractivity contribution in [2.24, 2.45) is 0 Å². The van der Waals surface area contributed by atoms with Gasteiger partial charge in [0.25, 0.3) is 5.69 Å². The van der Waals surface area contributed by atoms with Crippen LogP contribution in [0.4, 0.5) is 11.5 Å². The molecule has 0 fully saturated rings. The van der Waals surface area contributed by atoms with Gasteiger partial charge < -0.3 is 5.32 Å². The number of rotatable bonds is 3. The number of nitrogens with one attached hydrogen (secondary N) is 1. The number of anilines is 1. The molecule has 1 aliphatic rings. The van der Waals surface area contributed by atoms with Crippen LogP contribution in [0.5, 0.6) is 0 Å². The fraction of sp³-hybridized carbons (Fsp3) is 0.222. The highest BCUT2D eigenvalue weighted by atomic mass is 79.9. The van der Waals surface area contributed by atoms with Gasteiger partial charge >= 0.3 is 0 Å². The molecule has 9 heteroatoms. The van der Waals surface area contributed by atoms with Crippen molar-refractivity contribution in [3.63, 3.8) is 0 Å². The molecule has 0 radical (unpaired) electrons. The van der Waals surface area contributed by atoms with Gasteiger partial charge in [-0.1, -0.05) is 0 Å². The third-order valence-electron chi connectivity index (χ3n) is 2.29. The summed E-state index contributed by atoms with van der Waals surface area (Å²) in [5.74, 6) is 0.324. The Labute approximate surface area is 111 Å². The van der Waals surface area contributed by atoms with Gasteiger partial charge in [0.05, 0.1) is 21.2 Å². The summed E-state index contributed by atoms with van der Waals surface area (Å²) in [5, 5.41) is 14.6. The highest BCUT2D eigenvalue weighted by molar-refractivity contribution is 9.10. The maximum Gasteiger partial charge on any atom is 0.288 e. The molecule has 0 amide bonds. The molecule has 1 aromatic rings. The lowest BCUT2D eigenvalue weighted by Gasteiger charge is -2.11. The number of aromatic nitrogens is 1. The molecule has 2 rings (SSSR count). The van der Waals surface area contributed by atoms with Crippen molar-refractivity contribution in [3.8, 4) is 0 Å². The van der Waals surface area contributed by atoms with Crippen molar-refractivity contribution in [1.29, 1.82) is 0 Å². The lowest BCUT2D eigenvalue weighted by Crippen LogP contribution is -2.21. The molecule has 0 aliphatic carbocycles. The van der Waals surface area contributed by atoms with E-state index in [0.29, 0.717) is 10.3 Å². The Kier molecular flexibility index (Phi) is 3.35. The zero-order valence-electron chi connectivity index (χ0n) is 8.91. The standard InChI is InChI=1S/C9H8BrN3O4S/c10-8-3-7(13(14)15)4-11-9(8)12-6-1-2-18(16,17)5-6/h1-4,6H,5H2,(H,11,12). The van der Waals surface area contributed by atoms with Gasteiger partial charge in [-0.3, -0.25) is 10.1 Å². The topological polar surface area (TPSA) is 102 Å². The Bertz CT molecular complexity index is 629. The van der Waals surface area contributed by atoms with Crippen LogP contribution in [0.25, 0.3) is 0 Å². The molecule has 0 bridgehead atoms. The van der Waals surface area contributed by atoms with E-state index in [0.717, 1.165) is 11.6 Å². The molecule has 0 spiro atoms. The van der Waals surface area contributed by atoms with E-state index in [-0.39, 0.29) is 17.5 Å². The van der Waals surface area contributed by atoms with Gasteiger partial charge in [-0.15, -0.1) is 0 Å². The molecule has 1 aromatic heterocycles. The monoisotopic (exact) mass is 333 g/mol. The molecule has 1 unspecified atom stereocenters. The summed E-state index contributed by atoms with van der Waals surface area (Å²) in [6.07, 6.45) is 2.63. The second-order valence-corrected chi connectivity index (χ2v) is 6.48. The largest absolute Gasteiger partial charge is 0.362 e. The minimum Gasteiger partial charge on any atom is -0.362 e. The number of sulfone groups is 1. The highest BCUT2D eigenvalue weighted by Gasteiger charge is 2.22. The molecular weight excluding hydrogens is 326 g/mol. The molecule has 0 aromatic carbocycles. The van der Waals surface area contributed by atoms with E-state index in [2.05, 4.69) is 26.2 Å². The first-order valence-electron chi connectivity index (χ1n) is 4.85. The predicted octanol–water partition coefficient (Wildman–Crippen LogP) is 1.47. The summed E-state index contributed by atoms with van der Waals surface area (Å²) in [5.41, 5.74) is -0.137. The molecule has 0 saturated heterocycles. The summed E-state index contributed by atoms with van der Waals surface area (Å²) < 4.78 is 22.8. The molecule has 1 aliphatic heterocycles. The van der Waals surface area contributed by atoms with Crippen LogP contribution < -0.4 is 5.32 Å². The SMILES string of the molecule is O=[N+]([O-])c1cnc(NC2C=CS(=O)(=O)C2)c(Br)c1. The molecule has 96 valence electrons. The van der Waals surface area contributed by atoms with Crippen LogP contribution in [0.2, 0.25) is 0 Å². The lowest BCUT2D eigenvalue weighted by molar-refractivity contribution is -0.385. The number of nitrogens with zero attached hydrogens (tertiary/aromatic N) is 2. The summed E-state index contributed by atoms with van der Waals surface area (Å²) in [6.45, 7) is 0. The fourth-order valence-electron chi connectivity index (χ4n) is 1.48. The number of pyridine rings is 1. The van der Waals surface area contributed by atoms with Gasteiger partial charge in [0, 0.05) is 11.5 Å². The van der Waals surface area contributed by atoms with Gasteiger partial charge in [0.15, 0.2) is 9.84 Å². The van der Waals surface area contributed by atoms with Crippen molar-refractivity contribution < 1.29 is 13.3 Å². The van der Waals surface area contributed by atoms with Crippen LogP contribution in [0.15, 0.2) is 28.2 Å². The summed E-state index contributed by atoms with van der Waals surface area (Å²) in [6, 6.07) is 0.933. The maximum atomic E-state index is 11.2. The smallest absolute Gasteiger partial charge is 0.288 e. The second-order valence-electron chi connectivity index (χ2n) is 3.69. The van der Waals surface area contributed by atoms with Crippen LogP contribution in [-0.4, -0.2) is 30.1 Å². The minimum absolute atomic E-state index is 0.0435. The van der Waals surface area contributed by atoms with Gasteiger partial charge in [0.2, 0.25) is 0 Å². The van der Waals surface area contributed by atoms with Gasteiger partial charge in [-0.25, -0.2) is 13.4 Å². The molecule has 1 N–H and O–H groups in total. The first-order chi connectivity index (χ1) is 8.37. The molecule has 7 nitrogen and oxygen atoms in total. The van der Waals surface area contributed by atoms with Crippen molar-refractivity contribution in [2.75, 3.05) is 11.1 Å². The van der Waals surface area contributed by atoms with Crippen molar-refractivity contribution in [2.45, 2.75) is 6.04 Å². The normalized spacial score (nSPS) is 20.8. The van der Waals surface area contributed by atoms with E-state index < -0.39 is 14.8 Å². The molecule has 1 atom stereocenters. The zero-order chi connectivity index (χ0) is 13.3. The van der Waals surface area contributed by atoms with Gasteiger partial charge in [-0.05, 0) is 22.0 Å². The second kappa shape index (κ2) is 4.65. The Morgan fingerprint density at radius 2 is 2.28 bits per heavy atom. The number of nitro groups is 1. The van der Waals surface area contributed by atoms with Crippen LogP contribution in [0.1, 0.15) is 0 Å². The summed E-state index contributed by atoms with van der Waals surface area (Å²) >= 11 is 3.15. The molecular formula is C9H8BrN3O4S. The minimum atomic E-state index is -3.14. The van der Waals surface area contributed by atoms with E-state index in [1.165, 1.54) is 12.1 Å². The van der Waals surface area contributed by atoms with E-state index in [1.54, 1.807) is 0 Å². The predicted molar refractivity (Wildman–Crippen MR) is 68.9 cm³/mol. The van der Waals surface area contributed by atoms with E-state index >= 15 is 0 Å². The van der Waals surface area contributed by atoms with E-state index in [4.69, 9.17) is 0 Å². The Balaban J connectivity index is 2.16. The third-order valence-corrected chi connectivity index (χ3v) is 4.29. The lowest BCUT2D eigenvalue weighted by atomic mass is 10.3. The average Bonchev–Trinajstić information content (AvgIpc) is 2.61. The first kappa shape index (κ1) is 13.0. The van der Waals surface area contributed by atoms with Gasteiger partial charge in [0.1, 0.15) is 12.0 Å². The van der Waals surface area contributed by atoms with Crippen molar-refractivity contribution in [1.82, 2.24) is 4.98 Å². The molecule has 18 heavy (non-hydrogen) atoms. The maximum absolute atomic E-state index is 11.2. The molecule has 0 saturated carbocycles. The average molecular weight is 334 g/mol. The number of halogens is 1. The van der Waals surface area contributed by atoms with Crippen molar-refractivity contribution in [3.05, 3.63) is 38.3 Å². The fourth-order valence-corrected chi connectivity index (χ4v) is 3.16. The van der Waals surface area contributed by atoms with Crippen LogP contribution in [-0.2, 0) is 9.84 Å². The van der Waals surface area contributed by atoms with Gasteiger partial charge in [-0.2, -0.15) is 0 Å². The number of hydrogen-bond donors (Lipinski definition) is 1. The highest BCUT2D eigenvalue weighted by Crippen LogP contribution is 2.26. The van der Waals surface area contributed by atoms with Crippen molar-refractivity contribution >= 4 is 37.3 Å². The first-order valence-corrected chi connectivity index (χ1v) is 7.36.